The van der Waals surface area contributed by atoms with Gasteiger partial charge in [0.2, 0.25) is 0 Å². The summed E-state index contributed by atoms with van der Waals surface area (Å²) in [4.78, 5) is 16.6. The number of rotatable bonds is 3. The lowest BCUT2D eigenvalue weighted by Crippen LogP contribution is -2.04. The van der Waals surface area contributed by atoms with E-state index in [1.165, 1.54) is 0 Å². The van der Waals surface area contributed by atoms with Crippen LogP contribution in [0.25, 0.3) is 0 Å². The average Bonchev–Trinajstić information content (AvgIpc) is 2.53. The number of aryl methyl sites for hydroxylation is 1. The highest BCUT2D eigenvalue weighted by atomic mass is 16.2. The second kappa shape index (κ2) is 6.75. The molecule has 0 saturated heterocycles. The number of aliphatic hydroxyl groups is 1. The summed E-state index contributed by atoms with van der Waals surface area (Å²) in [5, 5.41) is 7.00. The number of carbonyl (C=O) groups is 1. The molecule has 96 valence electrons. The zero-order valence-corrected chi connectivity index (χ0v) is 11.0. The molecule has 0 saturated carbocycles. The van der Waals surface area contributed by atoms with Gasteiger partial charge in [-0.05, 0) is 13.8 Å². The third-order valence-electron chi connectivity index (χ3n) is 2.25. The van der Waals surface area contributed by atoms with Crippen LogP contribution in [-0.2, 0) is 0 Å². The molecular formula is C12H21N3O2. The topological polar surface area (TPSA) is 82.3 Å². The Hall–Kier alpha value is -1.75. The van der Waals surface area contributed by atoms with E-state index in [1.54, 1.807) is 12.3 Å². The van der Waals surface area contributed by atoms with E-state index in [0.717, 1.165) is 18.4 Å². The molecule has 0 unspecified atom stereocenters. The highest BCUT2D eigenvalue weighted by Crippen LogP contribution is 2.20. The molecular weight excluding hydrogens is 218 g/mol. The third-order valence-corrected chi connectivity index (χ3v) is 2.25. The molecule has 0 aliphatic rings. The molecule has 0 bridgehead atoms. The lowest BCUT2D eigenvalue weighted by Gasteiger charge is -2.03. The Balaban J connectivity index is 0.00000121. The van der Waals surface area contributed by atoms with Gasteiger partial charge in [0.25, 0.3) is 0 Å². The van der Waals surface area contributed by atoms with E-state index >= 15 is 0 Å². The van der Waals surface area contributed by atoms with E-state index < -0.39 is 0 Å². The minimum absolute atomic E-state index is 0.0216. The van der Waals surface area contributed by atoms with Crippen molar-refractivity contribution in [1.29, 1.82) is 0 Å². The SMILES string of the molecule is CO.Cc1[nH]c(N)c(C)c1C(=O)/C=C/N(C)C. The summed E-state index contributed by atoms with van der Waals surface area (Å²) in [6.45, 7) is 3.69. The number of aromatic amines is 1. The Morgan fingerprint density at radius 3 is 2.24 bits per heavy atom. The summed E-state index contributed by atoms with van der Waals surface area (Å²) in [6, 6.07) is 0. The zero-order chi connectivity index (χ0) is 13.6. The van der Waals surface area contributed by atoms with E-state index in [9.17, 15) is 4.79 Å². The van der Waals surface area contributed by atoms with Crippen LogP contribution in [-0.4, -0.2) is 42.0 Å². The van der Waals surface area contributed by atoms with Crippen LogP contribution in [0.5, 0.6) is 0 Å². The molecule has 1 rings (SSSR count). The first-order valence-corrected chi connectivity index (χ1v) is 5.21. The molecule has 4 N–H and O–H groups in total. The molecule has 0 radical (unpaired) electrons. The number of aromatic nitrogens is 1. The highest BCUT2D eigenvalue weighted by Gasteiger charge is 2.14. The van der Waals surface area contributed by atoms with E-state index in [2.05, 4.69) is 4.98 Å². The van der Waals surface area contributed by atoms with Crippen LogP contribution in [0.3, 0.4) is 0 Å². The van der Waals surface area contributed by atoms with Gasteiger partial charge in [-0.2, -0.15) is 0 Å². The van der Waals surface area contributed by atoms with Gasteiger partial charge in [0.15, 0.2) is 5.78 Å². The van der Waals surface area contributed by atoms with Crippen LogP contribution in [0, 0.1) is 13.8 Å². The number of aliphatic hydroxyl groups excluding tert-OH is 1. The number of hydrogen-bond acceptors (Lipinski definition) is 4. The minimum Gasteiger partial charge on any atom is -0.400 e. The largest absolute Gasteiger partial charge is 0.400 e. The van der Waals surface area contributed by atoms with Crippen LogP contribution in [0.4, 0.5) is 5.82 Å². The maximum Gasteiger partial charge on any atom is 0.189 e. The number of allylic oxidation sites excluding steroid dienone is 1. The fourth-order valence-electron chi connectivity index (χ4n) is 1.44. The van der Waals surface area contributed by atoms with Gasteiger partial charge < -0.3 is 20.7 Å². The fourth-order valence-corrected chi connectivity index (χ4v) is 1.44. The molecule has 1 aromatic rings. The normalized spacial score (nSPS) is 10.0. The zero-order valence-electron chi connectivity index (χ0n) is 11.0. The Labute approximate surface area is 102 Å². The van der Waals surface area contributed by atoms with Crippen molar-refractivity contribution in [3.8, 4) is 0 Å². The highest BCUT2D eigenvalue weighted by molar-refractivity contribution is 6.07. The number of carbonyl (C=O) groups excluding carboxylic acids is 1. The van der Waals surface area contributed by atoms with Crippen molar-refractivity contribution < 1.29 is 9.90 Å². The molecule has 0 fully saturated rings. The van der Waals surface area contributed by atoms with Crippen LogP contribution in [0.15, 0.2) is 12.3 Å². The first-order chi connectivity index (χ1) is 7.93. The summed E-state index contributed by atoms with van der Waals surface area (Å²) >= 11 is 0. The number of anilines is 1. The van der Waals surface area contributed by atoms with Crippen molar-refractivity contribution in [3.63, 3.8) is 0 Å². The predicted molar refractivity (Wildman–Crippen MR) is 70.0 cm³/mol. The molecule has 17 heavy (non-hydrogen) atoms. The molecule has 1 heterocycles. The van der Waals surface area contributed by atoms with Gasteiger partial charge in [0.05, 0.1) is 0 Å². The monoisotopic (exact) mass is 239 g/mol. The summed E-state index contributed by atoms with van der Waals surface area (Å²) in [5.41, 5.74) is 8.00. The van der Waals surface area contributed by atoms with Gasteiger partial charge in [-0.1, -0.05) is 0 Å². The fraction of sp³-hybridized carbons (Fsp3) is 0.417. The average molecular weight is 239 g/mol. The van der Waals surface area contributed by atoms with Crippen LogP contribution in [0.1, 0.15) is 21.6 Å². The Kier molecular flexibility index (Phi) is 6.06. The number of H-pyrrole nitrogens is 1. The lowest BCUT2D eigenvalue weighted by molar-refractivity contribution is 0.104. The second-order valence-corrected chi connectivity index (χ2v) is 3.81. The summed E-state index contributed by atoms with van der Waals surface area (Å²) < 4.78 is 0. The number of nitrogens with zero attached hydrogens (tertiary/aromatic N) is 1. The quantitative estimate of drug-likeness (QED) is 0.544. The number of nitrogens with one attached hydrogen (secondary N) is 1. The number of nitrogen functional groups attached to an aromatic ring is 1. The summed E-state index contributed by atoms with van der Waals surface area (Å²) in [6.07, 6.45) is 3.27. The van der Waals surface area contributed by atoms with Crippen LogP contribution in [0.2, 0.25) is 0 Å². The maximum absolute atomic E-state index is 11.8. The predicted octanol–water partition coefficient (Wildman–Crippen LogP) is 1.08. The molecule has 0 aliphatic carbocycles. The Morgan fingerprint density at radius 1 is 1.35 bits per heavy atom. The van der Waals surface area contributed by atoms with E-state index in [-0.39, 0.29) is 5.78 Å². The molecule has 0 aliphatic heterocycles. The van der Waals surface area contributed by atoms with Crippen molar-refractivity contribution >= 4 is 11.6 Å². The molecule has 0 amide bonds. The summed E-state index contributed by atoms with van der Waals surface area (Å²) in [7, 11) is 4.74. The molecule has 5 nitrogen and oxygen atoms in total. The van der Waals surface area contributed by atoms with Gasteiger partial charge in [-0.25, -0.2) is 0 Å². The molecule has 0 atom stereocenters. The Bertz CT molecular complexity index is 406. The summed E-state index contributed by atoms with van der Waals surface area (Å²) in [5.74, 6) is 0.542. The molecule has 5 heteroatoms. The first-order valence-electron chi connectivity index (χ1n) is 5.21. The number of ketones is 1. The second-order valence-electron chi connectivity index (χ2n) is 3.81. The van der Waals surface area contributed by atoms with Crippen molar-refractivity contribution in [2.45, 2.75) is 13.8 Å². The maximum atomic E-state index is 11.8. The minimum atomic E-state index is -0.0216. The van der Waals surface area contributed by atoms with Crippen molar-refractivity contribution in [1.82, 2.24) is 9.88 Å². The number of nitrogens with two attached hydrogens (primary N) is 1. The van der Waals surface area contributed by atoms with Gasteiger partial charge >= 0.3 is 0 Å². The van der Waals surface area contributed by atoms with E-state index in [1.807, 2.05) is 32.8 Å². The van der Waals surface area contributed by atoms with Crippen molar-refractivity contribution in [2.24, 2.45) is 0 Å². The van der Waals surface area contributed by atoms with Crippen LogP contribution < -0.4 is 5.73 Å². The Morgan fingerprint density at radius 2 is 1.88 bits per heavy atom. The lowest BCUT2D eigenvalue weighted by atomic mass is 10.1. The van der Waals surface area contributed by atoms with Crippen molar-refractivity contribution in [3.05, 3.63) is 29.1 Å². The number of hydrogen-bond donors (Lipinski definition) is 3. The van der Waals surface area contributed by atoms with Crippen LogP contribution >= 0.6 is 0 Å². The standard InChI is InChI=1S/C11H17N3O.CH4O/c1-7-10(8(2)13-11(7)12)9(15)5-6-14(3)4;1-2/h5-6,13H,12H2,1-4H3;2H,1H3/b6-5+;. The molecule has 0 spiro atoms. The van der Waals surface area contributed by atoms with Gasteiger partial charge in [0, 0.05) is 50.3 Å². The van der Waals surface area contributed by atoms with Crippen molar-refractivity contribution in [2.75, 3.05) is 26.9 Å². The smallest absolute Gasteiger partial charge is 0.189 e. The van der Waals surface area contributed by atoms with E-state index in [0.29, 0.717) is 11.4 Å². The van der Waals surface area contributed by atoms with Gasteiger partial charge in [-0.3, -0.25) is 4.79 Å². The van der Waals surface area contributed by atoms with Gasteiger partial charge in [-0.15, -0.1) is 0 Å². The third kappa shape index (κ3) is 3.96. The molecule has 0 aromatic carbocycles. The molecule has 1 aromatic heterocycles. The van der Waals surface area contributed by atoms with E-state index in [4.69, 9.17) is 10.8 Å². The van der Waals surface area contributed by atoms with Gasteiger partial charge in [0.1, 0.15) is 5.82 Å². The first kappa shape index (κ1) is 15.2.